The summed E-state index contributed by atoms with van der Waals surface area (Å²) in [6.07, 6.45) is 0.217. The number of amides is 2. The van der Waals surface area contributed by atoms with E-state index < -0.39 is 0 Å². The van der Waals surface area contributed by atoms with Crippen molar-refractivity contribution in [2.75, 3.05) is 17.7 Å². The number of carbonyl (C=O) groups excluding carboxylic acids is 2. The highest BCUT2D eigenvalue weighted by atomic mass is 16.5. The summed E-state index contributed by atoms with van der Waals surface area (Å²) in [5, 5.41) is 5.51. The second-order valence-corrected chi connectivity index (χ2v) is 5.30. The lowest BCUT2D eigenvalue weighted by atomic mass is 10.1. The zero-order valence-electron chi connectivity index (χ0n) is 13.5. The van der Waals surface area contributed by atoms with Crippen LogP contribution >= 0.6 is 0 Å². The highest BCUT2D eigenvalue weighted by Gasteiger charge is 2.10. The summed E-state index contributed by atoms with van der Waals surface area (Å²) in [6, 6.07) is 12.8. The molecule has 2 aromatic rings. The maximum Gasteiger partial charge on any atom is 0.228 e. The molecule has 0 heterocycles. The fourth-order valence-electron chi connectivity index (χ4n) is 2.30. The van der Waals surface area contributed by atoms with Crippen molar-refractivity contribution in [1.29, 1.82) is 0 Å². The smallest absolute Gasteiger partial charge is 0.228 e. The molecular formula is C18H20N2O3. The Morgan fingerprint density at radius 2 is 1.74 bits per heavy atom. The van der Waals surface area contributed by atoms with Gasteiger partial charge in [-0.2, -0.15) is 0 Å². The number of hydrogen-bond acceptors (Lipinski definition) is 3. The van der Waals surface area contributed by atoms with E-state index in [2.05, 4.69) is 10.6 Å². The predicted octanol–water partition coefficient (Wildman–Crippen LogP) is 3.14. The molecule has 0 aromatic heterocycles. The van der Waals surface area contributed by atoms with Crippen LogP contribution in [0.25, 0.3) is 0 Å². The van der Waals surface area contributed by atoms with Crippen LogP contribution in [0.5, 0.6) is 5.75 Å². The van der Waals surface area contributed by atoms with Gasteiger partial charge in [0.2, 0.25) is 11.8 Å². The lowest BCUT2D eigenvalue weighted by molar-refractivity contribution is -0.116. The zero-order chi connectivity index (χ0) is 16.8. The Labute approximate surface area is 135 Å². The van der Waals surface area contributed by atoms with Gasteiger partial charge >= 0.3 is 0 Å². The van der Waals surface area contributed by atoms with Crippen LogP contribution in [0.4, 0.5) is 11.4 Å². The van der Waals surface area contributed by atoms with Crippen LogP contribution in [0.2, 0.25) is 0 Å². The third-order valence-corrected chi connectivity index (χ3v) is 3.25. The van der Waals surface area contributed by atoms with E-state index in [4.69, 9.17) is 4.74 Å². The highest BCUT2D eigenvalue weighted by Crippen LogP contribution is 2.21. The minimum Gasteiger partial charge on any atom is -0.496 e. The molecule has 0 spiro atoms. The molecular weight excluding hydrogens is 292 g/mol. The van der Waals surface area contributed by atoms with Gasteiger partial charge in [-0.3, -0.25) is 9.59 Å². The van der Waals surface area contributed by atoms with E-state index in [1.54, 1.807) is 31.4 Å². The van der Waals surface area contributed by atoms with Crippen LogP contribution in [0.15, 0.2) is 42.5 Å². The van der Waals surface area contributed by atoms with E-state index in [1.165, 1.54) is 6.92 Å². The average Bonchev–Trinajstić information content (AvgIpc) is 2.47. The van der Waals surface area contributed by atoms with E-state index in [0.717, 1.165) is 11.1 Å². The number of nitrogens with one attached hydrogen (secondary N) is 2. The molecule has 0 unspecified atom stereocenters. The topological polar surface area (TPSA) is 67.4 Å². The van der Waals surface area contributed by atoms with Crippen molar-refractivity contribution in [2.24, 2.45) is 0 Å². The van der Waals surface area contributed by atoms with Crippen molar-refractivity contribution in [3.63, 3.8) is 0 Å². The first-order chi connectivity index (χ1) is 11.0. The number of methoxy groups -OCH3 is 1. The summed E-state index contributed by atoms with van der Waals surface area (Å²) in [5.74, 6) is 0.393. The maximum atomic E-state index is 12.2. The average molecular weight is 312 g/mol. The number of rotatable bonds is 5. The molecule has 5 heteroatoms. The molecule has 120 valence electrons. The molecule has 2 rings (SSSR count). The van der Waals surface area contributed by atoms with Crippen molar-refractivity contribution < 1.29 is 14.3 Å². The molecule has 0 saturated carbocycles. The number of anilines is 2. The fourth-order valence-corrected chi connectivity index (χ4v) is 2.30. The molecule has 0 saturated heterocycles. The Bertz CT molecular complexity index is 726. The Kier molecular flexibility index (Phi) is 5.36. The Balaban J connectivity index is 2.08. The molecule has 0 aliphatic carbocycles. The molecule has 2 amide bonds. The van der Waals surface area contributed by atoms with Gasteiger partial charge in [0.05, 0.1) is 13.5 Å². The monoisotopic (exact) mass is 312 g/mol. The van der Waals surface area contributed by atoms with Gasteiger partial charge in [-0.05, 0) is 31.2 Å². The molecule has 0 atom stereocenters. The van der Waals surface area contributed by atoms with Crippen molar-refractivity contribution in [3.8, 4) is 5.75 Å². The van der Waals surface area contributed by atoms with Crippen LogP contribution in [-0.4, -0.2) is 18.9 Å². The Morgan fingerprint density at radius 3 is 2.39 bits per heavy atom. The largest absolute Gasteiger partial charge is 0.496 e. The minimum atomic E-state index is -0.155. The van der Waals surface area contributed by atoms with Crippen LogP contribution in [0, 0.1) is 6.92 Å². The van der Waals surface area contributed by atoms with Gasteiger partial charge in [0.1, 0.15) is 5.75 Å². The van der Waals surface area contributed by atoms with Crippen molar-refractivity contribution in [3.05, 3.63) is 53.6 Å². The van der Waals surface area contributed by atoms with Gasteiger partial charge in [0.15, 0.2) is 0 Å². The van der Waals surface area contributed by atoms with Crippen molar-refractivity contribution in [2.45, 2.75) is 20.3 Å². The normalized spacial score (nSPS) is 10.0. The predicted molar refractivity (Wildman–Crippen MR) is 90.8 cm³/mol. The van der Waals surface area contributed by atoms with Crippen molar-refractivity contribution in [1.82, 2.24) is 0 Å². The van der Waals surface area contributed by atoms with E-state index in [-0.39, 0.29) is 18.2 Å². The molecule has 0 aliphatic rings. The van der Waals surface area contributed by atoms with E-state index in [9.17, 15) is 9.59 Å². The molecule has 0 fully saturated rings. The lowest BCUT2D eigenvalue weighted by Gasteiger charge is -2.11. The highest BCUT2D eigenvalue weighted by molar-refractivity contribution is 5.94. The first kappa shape index (κ1) is 16.5. The quantitative estimate of drug-likeness (QED) is 0.891. The fraction of sp³-hybridized carbons (Fsp3) is 0.222. The zero-order valence-corrected chi connectivity index (χ0v) is 13.5. The third-order valence-electron chi connectivity index (χ3n) is 3.25. The summed E-state index contributed by atoms with van der Waals surface area (Å²) in [4.78, 5) is 23.3. The second kappa shape index (κ2) is 7.45. The number of ether oxygens (including phenoxy) is 1. The summed E-state index contributed by atoms with van der Waals surface area (Å²) in [6.45, 7) is 3.41. The SMILES string of the molecule is COc1ccc(C)cc1CC(=O)Nc1cccc(NC(C)=O)c1. The third kappa shape index (κ3) is 4.85. The summed E-state index contributed by atoms with van der Waals surface area (Å²) in [5.41, 5.74) is 3.18. The van der Waals surface area contributed by atoms with Gasteiger partial charge in [-0.15, -0.1) is 0 Å². The van der Waals surface area contributed by atoms with E-state index in [1.807, 2.05) is 25.1 Å². The number of carbonyl (C=O) groups is 2. The van der Waals surface area contributed by atoms with Gasteiger partial charge in [0.25, 0.3) is 0 Å². The molecule has 5 nitrogen and oxygen atoms in total. The van der Waals surface area contributed by atoms with Gasteiger partial charge in [-0.25, -0.2) is 0 Å². The molecule has 23 heavy (non-hydrogen) atoms. The maximum absolute atomic E-state index is 12.2. The molecule has 0 aliphatic heterocycles. The Hall–Kier alpha value is -2.82. The van der Waals surface area contributed by atoms with Crippen molar-refractivity contribution >= 4 is 23.2 Å². The lowest BCUT2D eigenvalue weighted by Crippen LogP contribution is -2.15. The van der Waals surface area contributed by atoms with Crippen LogP contribution in [0.3, 0.4) is 0 Å². The molecule has 2 N–H and O–H groups in total. The van der Waals surface area contributed by atoms with E-state index >= 15 is 0 Å². The number of hydrogen-bond donors (Lipinski definition) is 2. The molecule has 0 bridgehead atoms. The standard InChI is InChI=1S/C18H20N2O3/c1-12-7-8-17(23-3)14(9-12)10-18(22)20-16-6-4-5-15(11-16)19-13(2)21/h4-9,11H,10H2,1-3H3,(H,19,21)(H,20,22). The second-order valence-electron chi connectivity index (χ2n) is 5.30. The van der Waals surface area contributed by atoms with Crippen LogP contribution < -0.4 is 15.4 Å². The van der Waals surface area contributed by atoms with Crippen LogP contribution in [0.1, 0.15) is 18.1 Å². The van der Waals surface area contributed by atoms with Gasteiger partial charge in [-0.1, -0.05) is 23.8 Å². The summed E-state index contributed by atoms with van der Waals surface area (Å²) >= 11 is 0. The van der Waals surface area contributed by atoms with E-state index in [0.29, 0.717) is 17.1 Å². The summed E-state index contributed by atoms with van der Waals surface area (Å²) < 4.78 is 5.29. The number of aryl methyl sites for hydroxylation is 1. The Morgan fingerprint density at radius 1 is 1.04 bits per heavy atom. The molecule has 2 aromatic carbocycles. The first-order valence-electron chi connectivity index (χ1n) is 7.29. The van der Waals surface area contributed by atoms with Gasteiger partial charge < -0.3 is 15.4 Å². The van der Waals surface area contributed by atoms with Crippen LogP contribution in [-0.2, 0) is 16.0 Å². The van der Waals surface area contributed by atoms with Gasteiger partial charge in [0, 0.05) is 23.9 Å². The molecule has 0 radical (unpaired) electrons. The minimum absolute atomic E-state index is 0.145. The number of benzene rings is 2. The summed E-state index contributed by atoms with van der Waals surface area (Å²) in [7, 11) is 1.59. The first-order valence-corrected chi connectivity index (χ1v) is 7.29.